The number of carbonyl (C=O) groups is 3. The molecule has 0 heterocycles. The number of alkyl halides is 1. The summed E-state index contributed by atoms with van der Waals surface area (Å²) in [5, 5.41) is 8.41. The van der Waals surface area contributed by atoms with Crippen molar-refractivity contribution in [2.45, 2.75) is 71.1 Å². The van der Waals surface area contributed by atoms with Gasteiger partial charge in [-0.05, 0) is 19.8 Å². The van der Waals surface area contributed by atoms with Crippen molar-refractivity contribution < 1.29 is 23.9 Å². The Morgan fingerprint density at radius 2 is 1.23 bits per heavy atom. The molecule has 9 heteroatoms. The molecular formula is C22H42IN3O5. The summed E-state index contributed by atoms with van der Waals surface area (Å²) in [5.74, 6) is 0.0740. The van der Waals surface area contributed by atoms with Crippen LogP contribution < -0.4 is 16.0 Å². The highest BCUT2D eigenvalue weighted by Crippen LogP contribution is 2.10. The second-order valence-electron chi connectivity index (χ2n) is 7.38. The third-order valence-electron chi connectivity index (χ3n) is 4.57. The molecular weight excluding hydrogens is 513 g/mol. The lowest BCUT2D eigenvalue weighted by atomic mass is 10.1. The molecule has 0 aliphatic rings. The number of rotatable bonds is 22. The summed E-state index contributed by atoms with van der Waals surface area (Å²) in [6.45, 7) is 5.02. The Kier molecular flexibility index (Phi) is 23.0. The molecule has 0 aromatic heterocycles. The first-order valence-corrected chi connectivity index (χ1v) is 13.1. The summed E-state index contributed by atoms with van der Waals surface area (Å²) < 4.78 is 11.1. The third kappa shape index (κ3) is 23.5. The Morgan fingerprint density at radius 1 is 0.645 bits per heavy atom. The minimum Gasteiger partial charge on any atom is -0.377 e. The number of halogens is 1. The SMILES string of the molecule is CCNC(=O)COCCOCCNC(=O)CCCCCCCCCCCNC(=O)CI. The topological polar surface area (TPSA) is 106 Å². The van der Waals surface area contributed by atoms with Gasteiger partial charge in [0.05, 0.1) is 24.2 Å². The van der Waals surface area contributed by atoms with Crippen LogP contribution in [0.5, 0.6) is 0 Å². The summed E-state index contributed by atoms with van der Waals surface area (Å²) in [7, 11) is 0. The van der Waals surface area contributed by atoms with E-state index >= 15 is 0 Å². The number of hydrogen-bond donors (Lipinski definition) is 3. The Hall–Kier alpha value is -0.940. The van der Waals surface area contributed by atoms with E-state index in [2.05, 4.69) is 38.5 Å². The molecule has 0 aliphatic carbocycles. The molecule has 0 radical (unpaired) electrons. The second kappa shape index (κ2) is 23.7. The zero-order chi connectivity index (χ0) is 23.0. The van der Waals surface area contributed by atoms with Gasteiger partial charge in [0.1, 0.15) is 6.61 Å². The van der Waals surface area contributed by atoms with Crippen LogP contribution in [0.2, 0.25) is 0 Å². The number of amides is 3. The molecule has 0 rings (SSSR count). The van der Waals surface area contributed by atoms with Crippen molar-refractivity contribution in [3.63, 3.8) is 0 Å². The van der Waals surface area contributed by atoms with Crippen LogP contribution >= 0.6 is 22.6 Å². The highest BCUT2D eigenvalue weighted by Gasteiger charge is 2.02. The van der Waals surface area contributed by atoms with Gasteiger partial charge in [0.2, 0.25) is 17.7 Å². The van der Waals surface area contributed by atoms with Gasteiger partial charge >= 0.3 is 0 Å². The summed E-state index contributed by atoms with van der Waals surface area (Å²) >= 11 is 2.07. The molecule has 0 fully saturated rings. The van der Waals surface area contributed by atoms with Crippen molar-refractivity contribution in [3.05, 3.63) is 0 Å². The van der Waals surface area contributed by atoms with Crippen LogP contribution in [-0.2, 0) is 23.9 Å². The zero-order valence-corrected chi connectivity index (χ0v) is 21.3. The lowest BCUT2D eigenvalue weighted by molar-refractivity contribution is -0.126. The predicted octanol–water partition coefficient (Wildman–Crippen LogP) is 2.72. The van der Waals surface area contributed by atoms with E-state index in [0.717, 1.165) is 25.8 Å². The van der Waals surface area contributed by atoms with Crippen LogP contribution in [0.25, 0.3) is 0 Å². The fraction of sp³-hybridized carbons (Fsp3) is 0.864. The fourth-order valence-corrected chi connectivity index (χ4v) is 3.18. The van der Waals surface area contributed by atoms with Gasteiger partial charge in [-0.2, -0.15) is 0 Å². The lowest BCUT2D eigenvalue weighted by Crippen LogP contribution is -2.28. The maximum Gasteiger partial charge on any atom is 0.245 e. The number of carbonyl (C=O) groups excluding carboxylic acids is 3. The zero-order valence-electron chi connectivity index (χ0n) is 19.1. The summed E-state index contributed by atoms with van der Waals surface area (Å²) in [5.41, 5.74) is 0. The molecule has 8 nitrogen and oxygen atoms in total. The van der Waals surface area contributed by atoms with Gasteiger partial charge in [-0.3, -0.25) is 14.4 Å². The van der Waals surface area contributed by atoms with Crippen LogP contribution in [0.1, 0.15) is 71.1 Å². The standard InChI is InChI=1S/C22H42IN3O5/c1-2-24-22(29)19-31-17-16-30-15-14-26-20(27)12-10-8-6-4-3-5-7-9-11-13-25-21(28)18-23/h2-19H2,1H3,(H,24,29)(H,25,28)(H,26,27). The Bertz CT molecular complexity index is 466. The average molecular weight is 555 g/mol. The number of unbranched alkanes of at least 4 members (excludes halogenated alkanes) is 8. The minimum atomic E-state index is -0.125. The van der Waals surface area contributed by atoms with Gasteiger partial charge in [0.25, 0.3) is 0 Å². The molecule has 3 N–H and O–H groups in total. The number of likely N-dealkylation sites (N-methyl/N-ethyl adjacent to an activating group) is 1. The molecule has 182 valence electrons. The fourth-order valence-electron chi connectivity index (χ4n) is 2.91. The molecule has 0 unspecified atom stereocenters. The van der Waals surface area contributed by atoms with Crippen LogP contribution in [0.4, 0.5) is 0 Å². The largest absolute Gasteiger partial charge is 0.377 e. The first kappa shape index (κ1) is 30.1. The van der Waals surface area contributed by atoms with Crippen LogP contribution in [0.3, 0.4) is 0 Å². The molecule has 31 heavy (non-hydrogen) atoms. The second-order valence-corrected chi connectivity index (χ2v) is 8.15. The lowest BCUT2D eigenvalue weighted by Gasteiger charge is -2.07. The normalized spacial score (nSPS) is 10.6. The van der Waals surface area contributed by atoms with Crippen molar-refractivity contribution in [3.8, 4) is 0 Å². The molecule has 0 spiro atoms. The van der Waals surface area contributed by atoms with Gasteiger partial charge in [-0.1, -0.05) is 67.5 Å². The first-order chi connectivity index (χ1) is 15.1. The smallest absolute Gasteiger partial charge is 0.245 e. The minimum absolute atomic E-state index is 0.0493. The number of ether oxygens (including phenoxy) is 2. The summed E-state index contributed by atoms with van der Waals surface area (Å²) in [4.78, 5) is 34.0. The Labute approximate surface area is 201 Å². The van der Waals surface area contributed by atoms with E-state index in [1.54, 1.807) is 0 Å². The van der Waals surface area contributed by atoms with E-state index in [1.165, 1.54) is 38.5 Å². The molecule has 0 aliphatic heterocycles. The highest BCUT2D eigenvalue weighted by atomic mass is 127. The van der Waals surface area contributed by atoms with E-state index in [1.807, 2.05) is 6.92 Å². The highest BCUT2D eigenvalue weighted by molar-refractivity contribution is 14.1. The molecule has 0 aromatic carbocycles. The van der Waals surface area contributed by atoms with Gasteiger partial charge in [-0.25, -0.2) is 0 Å². The van der Waals surface area contributed by atoms with Gasteiger partial charge in [-0.15, -0.1) is 0 Å². The number of nitrogens with one attached hydrogen (secondary N) is 3. The van der Waals surface area contributed by atoms with Gasteiger partial charge in [0, 0.05) is 26.1 Å². The molecule has 0 saturated heterocycles. The average Bonchev–Trinajstić information content (AvgIpc) is 2.76. The maximum absolute atomic E-state index is 11.8. The molecule has 0 bridgehead atoms. The van der Waals surface area contributed by atoms with Crippen molar-refractivity contribution in [1.82, 2.24) is 16.0 Å². The summed E-state index contributed by atoms with van der Waals surface area (Å²) in [6.07, 6.45) is 11.0. The van der Waals surface area contributed by atoms with E-state index in [4.69, 9.17) is 9.47 Å². The molecule has 0 saturated carbocycles. The monoisotopic (exact) mass is 555 g/mol. The Balaban J connectivity index is 3.23. The molecule has 0 atom stereocenters. The third-order valence-corrected chi connectivity index (χ3v) is 5.26. The van der Waals surface area contributed by atoms with Gasteiger partial charge < -0.3 is 25.4 Å². The van der Waals surface area contributed by atoms with Crippen LogP contribution in [0, 0.1) is 0 Å². The molecule has 3 amide bonds. The summed E-state index contributed by atoms with van der Waals surface area (Å²) in [6, 6.07) is 0. The van der Waals surface area contributed by atoms with E-state index in [-0.39, 0.29) is 24.3 Å². The quantitative estimate of drug-likeness (QED) is 0.108. The van der Waals surface area contributed by atoms with E-state index < -0.39 is 0 Å². The maximum atomic E-state index is 11.8. The Morgan fingerprint density at radius 3 is 1.87 bits per heavy atom. The van der Waals surface area contributed by atoms with Crippen LogP contribution in [-0.4, -0.2) is 68.2 Å². The van der Waals surface area contributed by atoms with Crippen molar-refractivity contribution >= 4 is 40.3 Å². The van der Waals surface area contributed by atoms with E-state index in [9.17, 15) is 14.4 Å². The van der Waals surface area contributed by atoms with E-state index in [0.29, 0.717) is 43.8 Å². The van der Waals surface area contributed by atoms with Crippen molar-refractivity contribution in [2.24, 2.45) is 0 Å². The van der Waals surface area contributed by atoms with Crippen LogP contribution in [0.15, 0.2) is 0 Å². The molecule has 0 aromatic rings. The van der Waals surface area contributed by atoms with Crippen molar-refractivity contribution in [1.29, 1.82) is 0 Å². The first-order valence-electron chi connectivity index (χ1n) is 11.6. The number of hydrogen-bond acceptors (Lipinski definition) is 5. The van der Waals surface area contributed by atoms with Gasteiger partial charge in [0.15, 0.2) is 0 Å². The van der Waals surface area contributed by atoms with Crippen molar-refractivity contribution in [2.75, 3.05) is 50.5 Å². The predicted molar refractivity (Wildman–Crippen MR) is 131 cm³/mol.